The molecule has 0 unspecified atom stereocenters. The van der Waals surface area contributed by atoms with Crippen LogP contribution < -0.4 is 10.7 Å². The van der Waals surface area contributed by atoms with Crippen molar-refractivity contribution >= 4 is 28.4 Å². The SMILES string of the molecule is O=C(NC1(C(F)F)CCOCC1)c1cn(C2CC2)c2cc(Cl)c(F)cc2c1=O. The zero-order valence-corrected chi connectivity index (χ0v) is 15.6. The van der Waals surface area contributed by atoms with Crippen molar-refractivity contribution in [2.75, 3.05) is 13.2 Å². The average Bonchev–Trinajstić information content (AvgIpc) is 3.49. The van der Waals surface area contributed by atoms with E-state index < -0.39 is 29.1 Å². The number of hydrogen-bond acceptors (Lipinski definition) is 3. The molecular weight excluding hydrogens is 397 g/mol. The van der Waals surface area contributed by atoms with Gasteiger partial charge in [-0.1, -0.05) is 11.6 Å². The molecule has 1 aliphatic carbocycles. The van der Waals surface area contributed by atoms with E-state index in [9.17, 15) is 22.8 Å². The highest BCUT2D eigenvalue weighted by molar-refractivity contribution is 6.31. The monoisotopic (exact) mass is 414 g/mol. The molecule has 4 rings (SSSR count). The lowest BCUT2D eigenvalue weighted by atomic mass is 9.90. The third kappa shape index (κ3) is 3.28. The largest absolute Gasteiger partial charge is 0.381 e. The molecule has 5 nitrogen and oxygen atoms in total. The Morgan fingerprint density at radius 3 is 2.57 bits per heavy atom. The maximum Gasteiger partial charge on any atom is 0.261 e. The fourth-order valence-electron chi connectivity index (χ4n) is 3.59. The predicted octanol–water partition coefficient (Wildman–Crippen LogP) is 3.67. The van der Waals surface area contributed by atoms with Gasteiger partial charge < -0.3 is 14.6 Å². The number of alkyl halides is 2. The molecule has 1 amide bonds. The van der Waals surface area contributed by atoms with E-state index in [1.54, 1.807) is 4.57 Å². The van der Waals surface area contributed by atoms with Crippen LogP contribution in [0.15, 0.2) is 23.1 Å². The lowest BCUT2D eigenvalue weighted by molar-refractivity contribution is -0.0424. The highest BCUT2D eigenvalue weighted by Crippen LogP contribution is 2.38. The van der Waals surface area contributed by atoms with Crippen LogP contribution in [0.1, 0.15) is 42.1 Å². The van der Waals surface area contributed by atoms with E-state index >= 15 is 0 Å². The summed E-state index contributed by atoms with van der Waals surface area (Å²) < 4.78 is 48.2. The van der Waals surface area contributed by atoms with Gasteiger partial charge in [-0.05, 0) is 37.8 Å². The smallest absolute Gasteiger partial charge is 0.261 e. The van der Waals surface area contributed by atoms with Crippen molar-refractivity contribution in [2.24, 2.45) is 0 Å². The topological polar surface area (TPSA) is 60.3 Å². The van der Waals surface area contributed by atoms with Crippen LogP contribution in [0.4, 0.5) is 13.2 Å². The molecule has 0 bridgehead atoms. The van der Waals surface area contributed by atoms with Gasteiger partial charge in [-0.3, -0.25) is 9.59 Å². The number of fused-ring (bicyclic) bond motifs is 1. The zero-order valence-electron chi connectivity index (χ0n) is 14.8. The van der Waals surface area contributed by atoms with Gasteiger partial charge in [-0.2, -0.15) is 0 Å². The summed E-state index contributed by atoms with van der Waals surface area (Å²) >= 11 is 5.86. The van der Waals surface area contributed by atoms with Gasteiger partial charge in [0.15, 0.2) is 0 Å². The van der Waals surface area contributed by atoms with Crippen LogP contribution in [-0.4, -0.2) is 35.7 Å². The maximum atomic E-state index is 14.0. The highest BCUT2D eigenvalue weighted by atomic mass is 35.5. The molecule has 2 fully saturated rings. The van der Waals surface area contributed by atoms with Gasteiger partial charge in [0.1, 0.15) is 16.9 Å². The van der Waals surface area contributed by atoms with E-state index in [-0.39, 0.29) is 48.1 Å². The number of hydrogen-bond donors (Lipinski definition) is 1. The Hall–Kier alpha value is -2.06. The molecule has 1 N–H and O–H groups in total. The van der Waals surface area contributed by atoms with E-state index in [0.29, 0.717) is 5.52 Å². The number of carbonyl (C=O) groups is 1. The molecule has 150 valence electrons. The predicted molar refractivity (Wildman–Crippen MR) is 97.7 cm³/mol. The number of halogens is 4. The van der Waals surface area contributed by atoms with Crippen molar-refractivity contribution < 1.29 is 22.7 Å². The van der Waals surface area contributed by atoms with E-state index in [1.807, 2.05) is 0 Å². The average molecular weight is 415 g/mol. The minimum Gasteiger partial charge on any atom is -0.381 e. The molecule has 1 aliphatic heterocycles. The molecule has 1 saturated heterocycles. The summed E-state index contributed by atoms with van der Waals surface area (Å²) in [5.41, 5.74) is -2.32. The van der Waals surface area contributed by atoms with Gasteiger partial charge >= 0.3 is 0 Å². The second kappa shape index (κ2) is 7.08. The number of pyridine rings is 1. The summed E-state index contributed by atoms with van der Waals surface area (Å²) in [7, 11) is 0. The molecule has 9 heteroatoms. The van der Waals surface area contributed by atoms with Crippen molar-refractivity contribution in [1.29, 1.82) is 0 Å². The van der Waals surface area contributed by atoms with Crippen LogP contribution >= 0.6 is 11.6 Å². The summed E-state index contributed by atoms with van der Waals surface area (Å²) in [6.45, 7) is 0.191. The third-order valence-corrected chi connectivity index (χ3v) is 5.71. The van der Waals surface area contributed by atoms with Gasteiger partial charge in [0.05, 0.1) is 10.5 Å². The minimum atomic E-state index is -2.80. The quantitative estimate of drug-likeness (QED) is 0.830. The Bertz CT molecular complexity index is 998. The molecule has 0 spiro atoms. The number of carbonyl (C=O) groups excluding carboxylic acids is 1. The van der Waals surface area contributed by atoms with Gasteiger partial charge in [-0.15, -0.1) is 0 Å². The third-order valence-electron chi connectivity index (χ3n) is 5.42. The number of aromatic nitrogens is 1. The molecule has 0 radical (unpaired) electrons. The number of ether oxygens (including phenoxy) is 1. The van der Waals surface area contributed by atoms with Crippen molar-refractivity contribution in [3.05, 3.63) is 45.0 Å². The van der Waals surface area contributed by atoms with Crippen LogP contribution in [0.3, 0.4) is 0 Å². The second-order valence-corrected chi connectivity index (χ2v) is 7.72. The Balaban J connectivity index is 1.80. The normalized spacial score (nSPS) is 19.2. The molecule has 1 aromatic heterocycles. The van der Waals surface area contributed by atoms with E-state index in [1.165, 1.54) is 12.3 Å². The van der Waals surface area contributed by atoms with Crippen LogP contribution in [0.5, 0.6) is 0 Å². The van der Waals surface area contributed by atoms with E-state index in [0.717, 1.165) is 18.9 Å². The molecule has 2 heterocycles. The molecular formula is C19H18ClF3N2O3. The Morgan fingerprint density at radius 1 is 1.29 bits per heavy atom. The number of rotatable bonds is 4. The fourth-order valence-corrected chi connectivity index (χ4v) is 3.75. The summed E-state index contributed by atoms with van der Waals surface area (Å²) in [6, 6.07) is 2.41. The summed E-state index contributed by atoms with van der Waals surface area (Å²) in [5, 5.41) is 2.24. The molecule has 28 heavy (non-hydrogen) atoms. The van der Waals surface area contributed by atoms with Crippen LogP contribution in [0.25, 0.3) is 10.9 Å². The van der Waals surface area contributed by atoms with Gasteiger partial charge in [0.2, 0.25) is 5.43 Å². The molecule has 0 atom stereocenters. The van der Waals surface area contributed by atoms with Crippen molar-refractivity contribution in [1.82, 2.24) is 9.88 Å². The molecule has 1 aromatic carbocycles. The Kier molecular flexibility index (Phi) is 4.87. The van der Waals surface area contributed by atoms with Crippen LogP contribution in [0, 0.1) is 5.82 Å². The highest BCUT2D eigenvalue weighted by Gasteiger charge is 2.43. The van der Waals surface area contributed by atoms with Gasteiger partial charge in [0, 0.05) is 30.8 Å². The summed E-state index contributed by atoms with van der Waals surface area (Å²) in [5.74, 6) is -1.67. The molecule has 2 aliphatic rings. The summed E-state index contributed by atoms with van der Waals surface area (Å²) in [6.07, 6.45) is 0.141. The maximum absolute atomic E-state index is 14.0. The number of amides is 1. The standard InChI is InChI=1S/C19H18ClF3N2O3/c20-13-8-15-11(7-14(13)21)16(26)12(9-25(15)10-1-2-10)17(27)24-19(18(22)23)3-5-28-6-4-19/h7-10,18H,1-6H2,(H,24,27). The minimum absolute atomic E-state index is 0.000440. The van der Waals surface area contributed by atoms with Crippen LogP contribution in [0.2, 0.25) is 5.02 Å². The Labute approximate surface area is 163 Å². The van der Waals surface area contributed by atoms with E-state index in [2.05, 4.69) is 5.32 Å². The zero-order chi connectivity index (χ0) is 20.1. The first-order valence-corrected chi connectivity index (χ1v) is 9.42. The first kappa shape index (κ1) is 19.3. The Morgan fingerprint density at radius 2 is 1.96 bits per heavy atom. The van der Waals surface area contributed by atoms with Crippen molar-refractivity contribution in [2.45, 2.75) is 43.7 Å². The lowest BCUT2D eigenvalue weighted by Crippen LogP contribution is -2.57. The van der Waals surface area contributed by atoms with E-state index in [4.69, 9.17) is 16.3 Å². The van der Waals surface area contributed by atoms with Gasteiger partial charge in [-0.25, -0.2) is 13.2 Å². The van der Waals surface area contributed by atoms with Crippen molar-refractivity contribution in [3.63, 3.8) is 0 Å². The molecule has 2 aromatic rings. The lowest BCUT2D eigenvalue weighted by Gasteiger charge is -2.37. The van der Waals surface area contributed by atoms with Crippen LogP contribution in [-0.2, 0) is 4.74 Å². The molecule has 1 saturated carbocycles. The number of benzene rings is 1. The number of nitrogens with one attached hydrogen (secondary N) is 1. The first-order chi connectivity index (χ1) is 13.3. The second-order valence-electron chi connectivity index (χ2n) is 7.32. The van der Waals surface area contributed by atoms with Gasteiger partial charge in [0.25, 0.3) is 12.3 Å². The fraction of sp³-hybridized carbons (Fsp3) is 0.474. The first-order valence-electron chi connectivity index (χ1n) is 9.05. The number of nitrogens with zero attached hydrogens (tertiary/aromatic N) is 1. The van der Waals surface area contributed by atoms with Crippen molar-refractivity contribution in [3.8, 4) is 0 Å². The summed E-state index contributed by atoms with van der Waals surface area (Å²) in [4.78, 5) is 25.7.